The van der Waals surface area contributed by atoms with E-state index in [1.54, 1.807) is 11.1 Å². The molecule has 1 heteroatoms. The molecule has 1 nitrogen and oxygen atoms in total. The first-order valence-electron chi connectivity index (χ1n) is 20.5. The largest absolute Gasteiger partial charge is 0.310 e. The van der Waals surface area contributed by atoms with E-state index in [-0.39, 0.29) is 10.8 Å². The van der Waals surface area contributed by atoms with Gasteiger partial charge >= 0.3 is 0 Å². The first-order chi connectivity index (χ1) is 27.0. The van der Waals surface area contributed by atoms with Gasteiger partial charge in [-0.05, 0) is 159 Å². The number of anilines is 3. The summed E-state index contributed by atoms with van der Waals surface area (Å²) in [5, 5.41) is 0. The van der Waals surface area contributed by atoms with Crippen LogP contribution in [0, 0.1) is 23.7 Å². The van der Waals surface area contributed by atoms with Gasteiger partial charge in [0, 0.05) is 27.9 Å². The van der Waals surface area contributed by atoms with Gasteiger partial charge in [0.2, 0.25) is 0 Å². The highest BCUT2D eigenvalue weighted by Gasteiger charge is 2.66. The van der Waals surface area contributed by atoms with E-state index < -0.39 is 0 Å². The average Bonchev–Trinajstić information content (AvgIpc) is 3.85. The van der Waals surface area contributed by atoms with Crippen LogP contribution < -0.4 is 4.90 Å². The van der Waals surface area contributed by atoms with Crippen LogP contribution in [0.3, 0.4) is 0 Å². The highest BCUT2D eigenvalue weighted by molar-refractivity contribution is 5.91. The minimum Gasteiger partial charge on any atom is -0.310 e. The molecular weight excluding hydrogens is 663 g/mol. The lowest BCUT2D eigenvalue weighted by Crippen LogP contribution is -2.40. The van der Waals surface area contributed by atoms with Crippen LogP contribution in [0.15, 0.2) is 164 Å². The molecule has 13 rings (SSSR count). The Morgan fingerprint density at radius 2 is 0.945 bits per heavy atom. The van der Waals surface area contributed by atoms with E-state index in [0.717, 1.165) is 23.7 Å². The molecule has 7 aromatic rings. The SMILES string of the molecule is CC1(C)c2ccccc2-c2cc(N(c3ccc(-c4ccccc4)cc3)c3ccc4c(c3)-c3cc(-c5ccccc5)ccc3C43C4CC5CC(C4)C3C5)ccc21. The third kappa shape index (κ3) is 4.36. The Hall–Kier alpha value is -5.66. The summed E-state index contributed by atoms with van der Waals surface area (Å²) in [6.07, 6.45) is 5.63. The van der Waals surface area contributed by atoms with Gasteiger partial charge in [0.25, 0.3) is 0 Å². The van der Waals surface area contributed by atoms with Gasteiger partial charge in [-0.25, -0.2) is 0 Å². The quantitative estimate of drug-likeness (QED) is 0.172. The fourth-order valence-electron chi connectivity index (χ4n) is 12.7. The molecule has 0 saturated heterocycles. The molecule has 0 aromatic heterocycles. The van der Waals surface area contributed by atoms with Crippen LogP contribution >= 0.6 is 0 Å². The van der Waals surface area contributed by atoms with Crippen molar-refractivity contribution in [2.45, 2.75) is 50.4 Å². The van der Waals surface area contributed by atoms with E-state index in [1.807, 2.05) is 0 Å². The molecule has 4 bridgehead atoms. The third-order valence-electron chi connectivity index (χ3n) is 14.9. The molecule has 4 fully saturated rings. The van der Waals surface area contributed by atoms with Crippen molar-refractivity contribution in [1.82, 2.24) is 0 Å². The Bertz CT molecular complexity index is 2650. The van der Waals surface area contributed by atoms with Crippen LogP contribution in [0.4, 0.5) is 17.1 Å². The molecule has 266 valence electrons. The smallest absolute Gasteiger partial charge is 0.0468 e. The second-order valence-electron chi connectivity index (χ2n) is 17.7. The molecule has 55 heavy (non-hydrogen) atoms. The van der Waals surface area contributed by atoms with Gasteiger partial charge in [-0.15, -0.1) is 0 Å². The summed E-state index contributed by atoms with van der Waals surface area (Å²) in [6, 6.07) is 62.3. The fourth-order valence-corrected chi connectivity index (χ4v) is 12.7. The van der Waals surface area contributed by atoms with Crippen molar-refractivity contribution < 1.29 is 0 Å². The topological polar surface area (TPSA) is 3.24 Å². The Labute approximate surface area is 325 Å². The Balaban J connectivity index is 1.06. The van der Waals surface area contributed by atoms with Crippen LogP contribution in [-0.2, 0) is 10.8 Å². The van der Waals surface area contributed by atoms with Crippen molar-refractivity contribution in [3.05, 3.63) is 186 Å². The van der Waals surface area contributed by atoms with Gasteiger partial charge in [-0.2, -0.15) is 0 Å². The number of hydrogen-bond acceptors (Lipinski definition) is 1. The van der Waals surface area contributed by atoms with Crippen molar-refractivity contribution in [2.24, 2.45) is 23.7 Å². The minimum atomic E-state index is -0.0331. The standard InChI is InChI=1S/C54H45N/c1-53(2)48-16-10-9-15-44(48)46-32-42(22-25-49(46)53)55(41-20-17-37(18-21-41)35-11-5-3-6-12-35)43-23-26-51-47(33-43)45-31-38(36-13-7-4-8-14-36)19-24-50(45)54(51)40-28-34-27-39(30-40)52(54)29-34/h3-26,31-34,39-40,52H,27-30H2,1-2H3. The summed E-state index contributed by atoms with van der Waals surface area (Å²) in [5.74, 6) is 3.30. The van der Waals surface area contributed by atoms with Crippen LogP contribution in [0.2, 0.25) is 0 Å². The lowest BCUT2D eigenvalue weighted by Gasteiger charge is -2.44. The minimum absolute atomic E-state index is 0.0331. The number of benzene rings is 7. The molecule has 7 aromatic carbocycles. The molecule has 0 radical (unpaired) electrons. The molecule has 0 aliphatic heterocycles. The van der Waals surface area contributed by atoms with Crippen molar-refractivity contribution in [1.29, 1.82) is 0 Å². The predicted molar refractivity (Wildman–Crippen MR) is 228 cm³/mol. The number of hydrogen-bond donors (Lipinski definition) is 0. The number of rotatable bonds is 5. The molecule has 5 atom stereocenters. The van der Waals surface area contributed by atoms with Crippen LogP contribution in [0.25, 0.3) is 44.5 Å². The van der Waals surface area contributed by atoms with Crippen molar-refractivity contribution >= 4 is 17.1 Å². The summed E-state index contributed by atoms with van der Waals surface area (Å²) >= 11 is 0. The van der Waals surface area contributed by atoms with E-state index in [0.29, 0.717) is 0 Å². The van der Waals surface area contributed by atoms with Gasteiger partial charge in [-0.3, -0.25) is 0 Å². The molecule has 4 saturated carbocycles. The second kappa shape index (κ2) is 11.4. The maximum Gasteiger partial charge on any atom is 0.0468 e. The maximum atomic E-state index is 2.57. The summed E-state index contributed by atoms with van der Waals surface area (Å²) in [7, 11) is 0. The van der Waals surface area contributed by atoms with Gasteiger partial charge in [0.05, 0.1) is 0 Å². The molecule has 0 N–H and O–H groups in total. The van der Waals surface area contributed by atoms with E-state index in [9.17, 15) is 0 Å². The van der Waals surface area contributed by atoms with Crippen LogP contribution in [0.1, 0.15) is 61.8 Å². The Morgan fingerprint density at radius 1 is 0.418 bits per heavy atom. The summed E-state index contributed by atoms with van der Waals surface area (Å²) in [4.78, 5) is 2.52. The van der Waals surface area contributed by atoms with E-state index in [2.05, 4.69) is 183 Å². The molecule has 0 amide bonds. The zero-order valence-electron chi connectivity index (χ0n) is 31.7. The molecular formula is C54H45N. The van der Waals surface area contributed by atoms with Crippen molar-refractivity contribution in [2.75, 3.05) is 4.90 Å². The lowest BCUT2D eigenvalue weighted by atomic mass is 9.59. The second-order valence-corrected chi connectivity index (χ2v) is 17.7. The molecule has 6 aliphatic carbocycles. The first kappa shape index (κ1) is 31.7. The van der Waals surface area contributed by atoms with Crippen molar-refractivity contribution in [3.63, 3.8) is 0 Å². The third-order valence-corrected chi connectivity index (χ3v) is 14.9. The Kier molecular flexibility index (Phi) is 6.58. The van der Waals surface area contributed by atoms with Gasteiger partial charge in [0.15, 0.2) is 0 Å². The lowest BCUT2D eigenvalue weighted by molar-refractivity contribution is 0.191. The van der Waals surface area contributed by atoms with Crippen LogP contribution in [0.5, 0.6) is 0 Å². The molecule has 0 heterocycles. The predicted octanol–water partition coefficient (Wildman–Crippen LogP) is 14.1. The molecule has 1 spiro atoms. The number of nitrogens with zero attached hydrogens (tertiary/aromatic N) is 1. The first-order valence-corrected chi connectivity index (χ1v) is 20.5. The fraction of sp³-hybridized carbons (Fsp3) is 0.222. The van der Waals surface area contributed by atoms with Gasteiger partial charge in [0.1, 0.15) is 0 Å². The van der Waals surface area contributed by atoms with Crippen molar-refractivity contribution in [3.8, 4) is 44.5 Å². The monoisotopic (exact) mass is 707 g/mol. The zero-order valence-corrected chi connectivity index (χ0v) is 31.7. The van der Waals surface area contributed by atoms with Gasteiger partial charge in [-0.1, -0.05) is 135 Å². The van der Waals surface area contributed by atoms with E-state index in [1.165, 1.54) is 98.4 Å². The van der Waals surface area contributed by atoms with Crippen LogP contribution in [-0.4, -0.2) is 0 Å². The summed E-state index contributed by atoms with van der Waals surface area (Å²) in [5.41, 5.74) is 20.4. The number of fused-ring (bicyclic) bond motifs is 6. The summed E-state index contributed by atoms with van der Waals surface area (Å²) < 4.78 is 0. The molecule has 5 unspecified atom stereocenters. The highest BCUT2D eigenvalue weighted by Crippen LogP contribution is 2.73. The normalized spacial score (nSPS) is 24.1. The molecule has 6 aliphatic rings. The average molecular weight is 708 g/mol. The van der Waals surface area contributed by atoms with Gasteiger partial charge < -0.3 is 4.90 Å². The van der Waals surface area contributed by atoms with E-state index >= 15 is 0 Å². The summed E-state index contributed by atoms with van der Waals surface area (Å²) in [6.45, 7) is 4.74. The van der Waals surface area contributed by atoms with E-state index in [4.69, 9.17) is 0 Å². The Morgan fingerprint density at radius 3 is 1.65 bits per heavy atom. The maximum absolute atomic E-state index is 2.57. The zero-order chi connectivity index (χ0) is 36.5. The highest BCUT2D eigenvalue weighted by atomic mass is 15.1.